The molecule has 0 saturated heterocycles. The molecule has 24 heavy (non-hydrogen) atoms. The van der Waals surface area contributed by atoms with E-state index in [0.717, 1.165) is 25.1 Å². The van der Waals surface area contributed by atoms with E-state index >= 15 is 0 Å². The highest BCUT2D eigenvalue weighted by molar-refractivity contribution is 6.15. The van der Waals surface area contributed by atoms with Gasteiger partial charge in [0, 0.05) is 18.8 Å². The van der Waals surface area contributed by atoms with Crippen molar-refractivity contribution in [1.29, 1.82) is 0 Å². The van der Waals surface area contributed by atoms with E-state index in [0.29, 0.717) is 6.61 Å². The van der Waals surface area contributed by atoms with Crippen LogP contribution in [-0.4, -0.2) is 61.4 Å². The lowest BCUT2D eigenvalue weighted by molar-refractivity contribution is -0.479. The number of nitrogens with two attached hydrogens (primary N) is 1. The first kappa shape index (κ1) is 25.0. The summed E-state index contributed by atoms with van der Waals surface area (Å²) in [6, 6.07) is 0.273. The standard InChI is InChI=1S/C12H22N4O2.CH3Cl.CH4O3/c1-10(14-5-4-13)15-9-16-11-2-3-12(8-11)18-7-6-17;1-2;1-3-4-2/h4-5,9,11-12,17H,2-3,6-8,13H2,1H3,(H,14,15,16);1H3;2H,1H3/b5-4+;;. The van der Waals surface area contributed by atoms with Crippen molar-refractivity contribution in [2.75, 3.05) is 26.7 Å². The van der Waals surface area contributed by atoms with Crippen molar-refractivity contribution in [3.63, 3.8) is 0 Å². The minimum atomic E-state index is 0.0776. The Labute approximate surface area is 148 Å². The molecule has 1 fully saturated rings. The maximum atomic E-state index is 8.67. The molecule has 5 N–H and O–H groups in total. The van der Waals surface area contributed by atoms with Gasteiger partial charge in [0.15, 0.2) is 0 Å². The van der Waals surface area contributed by atoms with Gasteiger partial charge in [0.25, 0.3) is 0 Å². The minimum absolute atomic E-state index is 0.0776. The number of ether oxygens (including phenoxy) is 1. The van der Waals surface area contributed by atoms with Gasteiger partial charge in [-0.05, 0) is 26.2 Å². The third kappa shape index (κ3) is 15.7. The third-order valence-corrected chi connectivity index (χ3v) is 2.79. The van der Waals surface area contributed by atoms with Crippen LogP contribution >= 0.6 is 11.6 Å². The molecule has 10 heteroatoms. The summed E-state index contributed by atoms with van der Waals surface area (Å²) in [5.41, 5.74) is 5.20. The molecular weight excluding hydrogens is 340 g/mol. The Morgan fingerprint density at radius 2 is 2.08 bits per heavy atom. The van der Waals surface area contributed by atoms with Crippen LogP contribution in [0.3, 0.4) is 0 Å². The Balaban J connectivity index is 0. The van der Waals surface area contributed by atoms with Gasteiger partial charge in [0.05, 0.1) is 32.5 Å². The number of aliphatic hydroxyl groups excluding tert-OH is 1. The molecule has 9 nitrogen and oxygen atoms in total. The van der Waals surface area contributed by atoms with Gasteiger partial charge in [0.2, 0.25) is 0 Å². The number of alkyl halides is 1. The van der Waals surface area contributed by atoms with Crippen molar-refractivity contribution in [2.45, 2.75) is 38.3 Å². The topological polar surface area (TPSA) is 131 Å². The summed E-state index contributed by atoms with van der Waals surface area (Å²) in [5.74, 6) is 0.742. The fourth-order valence-electron chi connectivity index (χ4n) is 1.84. The molecule has 0 radical (unpaired) electrons. The second-order valence-corrected chi connectivity index (χ2v) is 4.41. The van der Waals surface area contributed by atoms with Crippen molar-refractivity contribution in [3.8, 4) is 0 Å². The van der Waals surface area contributed by atoms with Crippen molar-refractivity contribution >= 4 is 23.8 Å². The lowest BCUT2D eigenvalue weighted by atomic mass is 10.3. The SMILES string of the molecule is CC(=NC=NC1CCC(OCCO)C1)N/C=C/N.CCl.COOO. The minimum Gasteiger partial charge on any atom is -0.403 e. The summed E-state index contributed by atoms with van der Waals surface area (Å²) >= 11 is 4.64. The van der Waals surface area contributed by atoms with Gasteiger partial charge in [0.1, 0.15) is 12.2 Å². The van der Waals surface area contributed by atoms with E-state index in [1.165, 1.54) is 19.7 Å². The summed E-state index contributed by atoms with van der Waals surface area (Å²) in [6.07, 6.45) is 9.21. The summed E-state index contributed by atoms with van der Waals surface area (Å²) in [7, 11) is 1.21. The molecule has 0 amide bonds. The Morgan fingerprint density at radius 1 is 1.42 bits per heavy atom. The molecule has 2 atom stereocenters. The molecule has 0 aromatic heterocycles. The number of hydrogen-bond donors (Lipinski definition) is 4. The normalized spacial score (nSPS) is 20.5. The first-order valence-electron chi connectivity index (χ1n) is 7.31. The number of amidine groups is 1. The summed E-state index contributed by atoms with van der Waals surface area (Å²) in [4.78, 5) is 12.1. The van der Waals surface area contributed by atoms with Crippen LogP contribution in [0.15, 0.2) is 22.4 Å². The zero-order valence-corrected chi connectivity index (χ0v) is 15.1. The average Bonchev–Trinajstić information content (AvgIpc) is 3.07. The van der Waals surface area contributed by atoms with Crippen LogP contribution in [0.25, 0.3) is 0 Å². The van der Waals surface area contributed by atoms with Crippen molar-refractivity contribution < 1.29 is 25.0 Å². The van der Waals surface area contributed by atoms with E-state index in [4.69, 9.17) is 20.8 Å². The lowest BCUT2D eigenvalue weighted by Gasteiger charge is -2.09. The highest BCUT2D eigenvalue weighted by atomic mass is 35.5. The van der Waals surface area contributed by atoms with E-state index in [-0.39, 0.29) is 18.8 Å². The summed E-state index contributed by atoms with van der Waals surface area (Å²) in [5, 5.41) is 21.8. The fraction of sp³-hybridized carbons (Fsp3) is 0.714. The quantitative estimate of drug-likeness (QED) is 0.175. The van der Waals surface area contributed by atoms with Crippen LogP contribution in [0.4, 0.5) is 0 Å². The van der Waals surface area contributed by atoms with Crippen molar-refractivity contribution in [2.24, 2.45) is 15.7 Å². The van der Waals surface area contributed by atoms with E-state index in [2.05, 4.69) is 36.8 Å². The molecule has 0 bridgehead atoms. The first-order valence-corrected chi connectivity index (χ1v) is 8.07. The maximum Gasteiger partial charge on any atom is 0.112 e. The lowest BCUT2D eigenvalue weighted by Crippen LogP contribution is -2.14. The molecule has 0 aromatic rings. The molecule has 1 rings (SSSR count). The monoisotopic (exact) mass is 368 g/mol. The smallest absolute Gasteiger partial charge is 0.112 e. The van der Waals surface area contributed by atoms with Crippen LogP contribution in [0.2, 0.25) is 0 Å². The Hall–Kier alpha value is -1.23. The van der Waals surface area contributed by atoms with E-state index in [1.807, 2.05) is 6.92 Å². The van der Waals surface area contributed by atoms with Gasteiger partial charge in [-0.15, -0.1) is 11.6 Å². The Bertz CT molecular complexity index is 354. The number of nitrogens with zero attached hydrogens (tertiary/aromatic N) is 2. The van der Waals surface area contributed by atoms with Crippen LogP contribution in [0.1, 0.15) is 26.2 Å². The molecule has 0 spiro atoms. The molecule has 0 aliphatic heterocycles. The molecule has 0 aromatic carbocycles. The zero-order valence-electron chi connectivity index (χ0n) is 14.4. The predicted octanol–water partition coefficient (Wildman–Crippen LogP) is 1.28. The Morgan fingerprint density at radius 3 is 2.62 bits per heavy atom. The molecule has 1 aliphatic carbocycles. The number of nitrogens with one attached hydrogen (secondary N) is 1. The second-order valence-electron chi connectivity index (χ2n) is 4.41. The molecule has 1 aliphatic rings. The molecule has 2 unspecified atom stereocenters. The third-order valence-electron chi connectivity index (χ3n) is 2.79. The highest BCUT2D eigenvalue weighted by Crippen LogP contribution is 2.24. The van der Waals surface area contributed by atoms with Crippen LogP contribution in [0, 0.1) is 0 Å². The average molecular weight is 369 g/mol. The van der Waals surface area contributed by atoms with E-state index in [1.54, 1.807) is 12.5 Å². The maximum absolute atomic E-state index is 8.67. The number of rotatable bonds is 7. The predicted molar refractivity (Wildman–Crippen MR) is 95.0 cm³/mol. The number of aliphatic hydroxyl groups is 1. The fourth-order valence-corrected chi connectivity index (χ4v) is 1.84. The van der Waals surface area contributed by atoms with Crippen LogP contribution in [0.5, 0.6) is 0 Å². The Kier molecular flexibility index (Phi) is 20.7. The van der Waals surface area contributed by atoms with Gasteiger partial charge in [-0.2, -0.15) is 0 Å². The second kappa shape index (κ2) is 19.8. The van der Waals surface area contributed by atoms with Gasteiger partial charge in [-0.25, -0.2) is 15.1 Å². The van der Waals surface area contributed by atoms with Gasteiger partial charge in [-0.3, -0.25) is 4.99 Å². The van der Waals surface area contributed by atoms with Gasteiger partial charge in [-0.1, -0.05) is 5.04 Å². The van der Waals surface area contributed by atoms with Crippen LogP contribution < -0.4 is 11.1 Å². The van der Waals surface area contributed by atoms with Crippen molar-refractivity contribution in [3.05, 3.63) is 12.4 Å². The molecule has 0 heterocycles. The first-order chi connectivity index (χ1) is 11.7. The zero-order chi connectivity index (χ0) is 18.6. The molecule has 142 valence electrons. The highest BCUT2D eigenvalue weighted by Gasteiger charge is 2.24. The van der Waals surface area contributed by atoms with Gasteiger partial charge >= 0.3 is 0 Å². The number of halogens is 1. The number of hydrogen-bond acceptors (Lipinski definition) is 7. The molecule has 1 saturated carbocycles. The number of aliphatic imine (C=N–C) groups is 2. The van der Waals surface area contributed by atoms with Gasteiger partial charge < -0.3 is 20.9 Å². The van der Waals surface area contributed by atoms with E-state index < -0.39 is 0 Å². The largest absolute Gasteiger partial charge is 0.403 e. The summed E-state index contributed by atoms with van der Waals surface area (Å²) < 4.78 is 5.47. The van der Waals surface area contributed by atoms with Crippen LogP contribution in [-0.2, 0) is 14.7 Å². The van der Waals surface area contributed by atoms with E-state index in [9.17, 15) is 0 Å². The summed E-state index contributed by atoms with van der Waals surface area (Å²) in [6.45, 7) is 2.33. The molecular formula is C14H29ClN4O5. The van der Waals surface area contributed by atoms with Crippen molar-refractivity contribution in [1.82, 2.24) is 5.32 Å².